The van der Waals surface area contributed by atoms with Crippen LogP contribution in [0.3, 0.4) is 0 Å². The van der Waals surface area contributed by atoms with Crippen LogP contribution in [0.25, 0.3) is 0 Å². The van der Waals surface area contributed by atoms with Gasteiger partial charge in [-0.25, -0.2) is 23.4 Å². The monoisotopic (exact) mass is 348 g/mol. The molecule has 4 heterocycles. The largest absolute Gasteiger partial charge is 0.356 e. The number of H-pyrrole nitrogens is 1. The third-order valence-corrected chi connectivity index (χ3v) is 6.91. The number of aryl methyl sites for hydroxylation is 1. The van der Waals surface area contributed by atoms with E-state index in [2.05, 4.69) is 24.8 Å². The van der Waals surface area contributed by atoms with Crippen LogP contribution >= 0.6 is 0 Å². The van der Waals surface area contributed by atoms with Crippen molar-refractivity contribution in [2.24, 2.45) is 11.8 Å². The number of aromatic nitrogens is 4. The molecule has 2 aliphatic heterocycles. The molecule has 1 N–H and O–H groups in total. The van der Waals surface area contributed by atoms with Crippen molar-refractivity contribution in [3.05, 3.63) is 30.1 Å². The Kier molecular flexibility index (Phi) is 3.57. The number of hydrogen-bond acceptors (Lipinski definition) is 6. The molecule has 4 rings (SSSR count). The highest BCUT2D eigenvalue weighted by Gasteiger charge is 2.45. The number of sulfonamides is 1. The fourth-order valence-corrected chi connectivity index (χ4v) is 5.14. The van der Waals surface area contributed by atoms with E-state index in [-0.39, 0.29) is 5.03 Å². The molecular formula is C15H20N6O2S. The van der Waals surface area contributed by atoms with Crippen LogP contribution in [-0.2, 0) is 10.0 Å². The summed E-state index contributed by atoms with van der Waals surface area (Å²) in [5, 5.41) is 0.168. The van der Waals surface area contributed by atoms with Gasteiger partial charge in [0.05, 0.1) is 12.5 Å². The summed E-state index contributed by atoms with van der Waals surface area (Å²) in [6.45, 7) is 6.77. The molecule has 2 aliphatic rings. The van der Waals surface area contributed by atoms with E-state index in [9.17, 15) is 8.42 Å². The van der Waals surface area contributed by atoms with E-state index in [1.54, 1.807) is 10.6 Å². The first-order valence-corrected chi connectivity index (χ1v) is 9.42. The highest BCUT2D eigenvalue weighted by atomic mass is 32.2. The molecular weight excluding hydrogens is 328 g/mol. The minimum absolute atomic E-state index is 0.168. The van der Waals surface area contributed by atoms with Gasteiger partial charge in [-0.1, -0.05) is 0 Å². The van der Waals surface area contributed by atoms with Crippen molar-refractivity contribution in [3.8, 4) is 0 Å². The Hall–Kier alpha value is -2.00. The Morgan fingerprint density at radius 3 is 2.46 bits per heavy atom. The second-order valence-corrected chi connectivity index (χ2v) is 8.48. The highest BCUT2D eigenvalue weighted by Crippen LogP contribution is 2.36. The van der Waals surface area contributed by atoms with E-state index < -0.39 is 10.0 Å². The van der Waals surface area contributed by atoms with Crippen molar-refractivity contribution < 1.29 is 8.42 Å². The smallest absolute Gasteiger partial charge is 0.260 e. The minimum Gasteiger partial charge on any atom is -0.356 e. The number of nitrogens with one attached hydrogen (secondary N) is 1. The average Bonchev–Trinajstić information content (AvgIpc) is 3.25. The lowest BCUT2D eigenvalue weighted by Crippen LogP contribution is -2.34. The zero-order valence-corrected chi connectivity index (χ0v) is 14.5. The van der Waals surface area contributed by atoms with Crippen molar-refractivity contribution in [2.75, 3.05) is 31.1 Å². The molecule has 8 nitrogen and oxygen atoms in total. The molecule has 0 saturated carbocycles. The zero-order valence-electron chi connectivity index (χ0n) is 13.7. The molecule has 2 aromatic rings. The van der Waals surface area contributed by atoms with Gasteiger partial charge >= 0.3 is 0 Å². The third-order valence-electron chi connectivity index (χ3n) is 5.15. The highest BCUT2D eigenvalue weighted by molar-refractivity contribution is 7.89. The van der Waals surface area contributed by atoms with Gasteiger partial charge in [-0.05, 0) is 25.7 Å². The first-order valence-electron chi connectivity index (χ1n) is 7.98. The third kappa shape index (κ3) is 2.39. The summed E-state index contributed by atoms with van der Waals surface area (Å²) in [6, 6.07) is 0. The van der Waals surface area contributed by atoms with Crippen molar-refractivity contribution in [2.45, 2.75) is 18.9 Å². The molecule has 0 radical (unpaired) electrons. The molecule has 0 amide bonds. The molecule has 0 spiro atoms. The van der Waals surface area contributed by atoms with Crippen LogP contribution in [0.2, 0.25) is 0 Å². The van der Waals surface area contributed by atoms with Gasteiger partial charge in [-0.2, -0.15) is 4.31 Å². The maximum absolute atomic E-state index is 12.6. The number of fused-ring (bicyclic) bond motifs is 1. The molecule has 2 unspecified atom stereocenters. The quantitative estimate of drug-likeness (QED) is 0.871. The number of nitrogens with zero attached hydrogens (tertiary/aromatic N) is 5. The lowest BCUT2D eigenvalue weighted by Gasteiger charge is -2.23. The SMILES string of the molecule is Cc1ncnc(N2CC3CN(S(=O)(=O)c4cnc[nH]4)CC3C2)c1C. The van der Waals surface area contributed by atoms with E-state index in [0.717, 1.165) is 30.2 Å². The van der Waals surface area contributed by atoms with Gasteiger partial charge < -0.3 is 9.88 Å². The maximum Gasteiger partial charge on any atom is 0.260 e. The van der Waals surface area contributed by atoms with Gasteiger partial charge in [0.15, 0.2) is 5.03 Å². The van der Waals surface area contributed by atoms with Crippen molar-refractivity contribution >= 4 is 15.8 Å². The Balaban J connectivity index is 1.50. The van der Waals surface area contributed by atoms with E-state index in [1.165, 1.54) is 12.5 Å². The fraction of sp³-hybridized carbons (Fsp3) is 0.533. The summed E-state index contributed by atoms with van der Waals surface area (Å²) in [5.41, 5.74) is 2.08. The standard InChI is InChI=1S/C15H20N6O2S/c1-10-11(2)17-9-19-15(10)20-4-12-6-21(7-13(12)5-20)24(22,23)14-3-16-8-18-14/h3,8-9,12-13H,4-7H2,1-2H3,(H,16,18). The van der Waals surface area contributed by atoms with Gasteiger partial charge in [0.25, 0.3) is 10.0 Å². The van der Waals surface area contributed by atoms with Gasteiger partial charge in [0.2, 0.25) is 0 Å². The predicted molar refractivity (Wildman–Crippen MR) is 88.0 cm³/mol. The molecule has 2 atom stereocenters. The Morgan fingerprint density at radius 1 is 1.12 bits per heavy atom. The van der Waals surface area contributed by atoms with Crippen LogP contribution in [0.5, 0.6) is 0 Å². The van der Waals surface area contributed by atoms with Crippen molar-refractivity contribution in [1.29, 1.82) is 0 Å². The van der Waals surface area contributed by atoms with E-state index >= 15 is 0 Å². The van der Waals surface area contributed by atoms with Crippen LogP contribution < -0.4 is 4.90 Å². The van der Waals surface area contributed by atoms with Gasteiger partial charge in [-0.3, -0.25) is 0 Å². The van der Waals surface area contributed by atoms with Gasteiger partial charge in [-0.15, -0.1) is 0 Å². The average molecular weight is 348 g/mol. The molecule has 24 heavy (non-hydrogen) atoms. The van der Waals surface area contributed by atoms with Crippen LogP contribution in [-0.4, -0.2) is 58.8 Å². The number of hydrogen-bond donors (Lipinski definition) is 1. The second-order valence-electron chi connectivity index (χ2n) is 6.57. The van der Waals surface area contributed by atoms with Crippen LogP contribution in [0.4, 0.5) is 5.82 Å². The molecule has 2 saturated heterocycles. The summed E-state index contributed by atoms with van der Waals surface area (Å²) < 4.78 is 26.8. The fourth-order valence-electron chi connectivity index (χ4n) is 3.69. The Morgan fingerprint density at radius 2 is 1.83 bits per heavy atom. The van der Waals surface area contributed by atoms with Crippen LogP contribution in [0.1, 0.15) is 11.3 Å². The summed E-state index contributed by atoms with van der Waals surface area (Å²) >= 11 is 0. The predicted octanol–water partition coefficient (Wildman–Crippen LogP) is 0.573. The number of imidazole rings is 1. The summed E-state index contributed by atoms with van der Waals surface area (Å²) in [4.78, 5) is 17.4. The number of rotatable bonds is 3. The molecule has 0 bridgehead atoms. The summed E-state index contributed by atoms with van der Waals surface area (Å²) in [5.74, 6) is 1.63. The molecule has 2 aromatic heterocycles. The zero-order chi connectivity index (χ0) is 16.9. The molecule has 9 heteroatoms. The molecule has 2 fully saturated rings. The van der Waals surface area contributed by atoms with Gasteiger partial charge in [0.1, 0.15) is 12.1 Å². The van der Waals surface area contributed by atoms with Crippen molar-refractivity contribution in [1.82, 2.24) is 24.2 Å². The normalized spacial score (nSPS) is 24.5. The second kappa shape index (κ2) is 5.52. The summed E-state index contributed by atoms with van der Waals surface area (Å²) in [7, 11) is -3.46. The topological polar surface area (TPSA) is 95.1 Å². The molecule has 0 aromatic carbocycles. The van der Waals surface area contributed by atoms with Crippen LogP contribution in [0, 0.1) is 25.7 Å². The molecule has 128 valence electrons. The Bertz CT molecular complexity index is 837. The van der Waals surface area contributed by atoms with E-state index in [1.807, 2.05) is 13.8 Å². The number of anilines is 1. The number of aromatic amines is 1. The lowest BCUT2D eigenvalue weighted by molar-refractivity contribution is 0.451. The summed E-state index contributed by atoms with van der Waals surface area (Å²) in [6.07, 6.45) is 4.36. The maximum atomic E-state index is 12.6. The molecule has 0 aliphatic carbocycles. The minimum atomic E-state index is -3.46. The van der Waals surface area contributed by atoms with Gasteiger partial charge in [0, 0.05) is 37.4 Å². The lowest BCUT2D eigenvalue weighted by atomic mass is 10.0. The Labute approximate surface area is 141 Å². The van der Waals surface area contributed by atoms with Crippen LogP contribution in [0.15, 0.2) is 23.9 Å². The first kappa shape index (κ1) is 15.5. The van der Waals surface area contributed by atoms with E-state index in [0.29, 0.717) is 24.9 Å². The van der Waals surface area contributed by atoms with Crippen molar-refractivity contribution in [3.63, 3.8) is 0 Å². The van der Waals surface area contributed by atoms with E-state index in [4.69, 9.17) is 0 Å². The first-order chi connectivity index (χ1) is 11.5.